The van der Waals surface area contributed by atoms with Crippen LogP contribution in [0.4, 0.5) is 0 Å². The van der Waals surface area contributed by atoms with Gasteiger partial charge in [-0.1, -0.05) is 17.7 Å². The van der Waals surface area contributed by atoms with Gasteiger partial charge in [-0.2, -0.15) is 0 Å². The summed E-state index contributed by atoms with van der Waals surface area (Å²) in [5, 5.41) is 2.69. The van der Waals surface area contributed by atoms with Gasteiger partial charge >= 0.3 is 0 Å². The molecule has 0 aliphatic carbocycles. The van der Waals surface area contributed by atoms with Crippen molar-refractivity contribution in [1.82, 2.24) is 14.8 Å². The quantitative estimate of drug-likeness (QED) is 0.864. The number of hydrogen-bond donors (Lipinski definition) is 0. The largest absolute Gasteiger partial charge is 0.337 e. The number of carbonyl (C=O) groups excluding carboxylic acids is 1. The predicted molar refractivity (Wildman–Crippen MR) is 89.4 cm³/mol. The first kappa shape index (κ1) is 15.5. The van der Waals surface area contributed by atoms with Gasteiger partial charge in [-0.25, -0.2) is 4.98 Å². The molecule has 0 atom stereocenters. The fourth-order valence-corrected chi connectivity index (χ4v) is 3.42. The van der Waals surface area contributed by atoms with Crippen molar-refractivity contribution in [2.45, 2.75) is 13.0 Å². The van der Waals surface area contributed by atoms with Crippen molar-refractivity contribution in [3.63, 3.8) is 0 Å². The smallest absolute Gasteiger partial charge is 0.253 e. The Hall–Kier alpha value is -1.43. The lowest BCUT2D eigenvalue weighted by Gasteiger charge is -2.21. The van der Waals surface area contributed by atoms with Crippen LogP contribution in [-0.4, -0.2) is 46.9 Å². The molecule has 0 radical (unpaired) electrons. The van der Waals surface area contributed by atoms with E-state index in [2.05, 4.69) is 15.3 Å². The molecule has 1 aliphatic heterocycles. The normalized spacial score (nSPS) is 16.5. The van der Waals surface area contributed by atoms with Crippen LogP contribution in [0.3, 0.4) is 0 Å². The van der Waals surface area contributed by atoms with E-state index >= 15 is 0 Å². The zero-order chi connectivity index (χ0) is 15.4. The maximum absolute atomic E-state index is 12.6. The maximum Gasteiger partial charge on any atom is 0.253 e. The van der Waals surface area contributed by atoms with Gasteiger partial charge in [0.25, 0.3) is 5.91 Å². The summed E-state index contributed by atoms with van der Waals surface area (Å²) in [6.45, 7) is 4.28. The molecule has 1 aliphatic rings. The number of benzene rings is 1. The standard InChI is InChI=1S/C16H18ClN3OS/c17-14-4-1-3-13(9-14)16(21)20-6-2-5-19(7-8-20)10-15-11-22-12-18-15/h1,3-4,9,11-12H,2,5-8,10H2. The lowest BCUT2D eigenvalue weighted by Crippen LogP contribution is -2.35. The van der Waals surface area contributed by atoms with Crippen molar-refractivity contribution in [2.24, 2.45) is 0 Å². The molecule has 6 heteroatoms. The van der Waals surface area contributed by atoms with E-state index in [9.17, 15) is 4.79 Å². The van der Waals surface area contributed by atoms with E-state index in [-0.39, 0.29) is 5.91 Å². The summed E-state index contributed by atoms with van der Waals surface area (Å²) in [6.07, 6.45) is 0.983. The Labute approximate surface area is 139 Å². The second-order valence-corrected chi connectivity index (χ2v) is 6.57. The van der Waals surface area contributed by atoms with Gasteiger partial charge < -0.3 is 4.90 Å². The summed E-state index contributed by atoms with van der Waals surface area (Å²) in [4.78, 5) is 21.2. The number of aromatic nitrogens is 1. The topological polar surface area (TPSA) is 36.4 Å². The minimum Gasteiger partial charge on any atom is -0.337 e. The molecular formula is C16H18ClN3OS. The van der Waals surface area contributed by atoms with Crippen molar-refractivity contribution >= 4 is 28.8 Å². The number of nitrogens with zero attached hydrogens (tertiary/aromatic N) is 3. The number of hydrogen-bond acceptors (Lipinski definition) is 4. The number of carbonyl (C=O) groups is 1. The second-order valence-electron chi connectivity index (χ2n) is 5.41. The molecule has 0 spiro atoms. The summed E-state index contributed by atoms with van der Waals surface area (Å²) in [7, 11) is 0. The van der Waals surface area contributed by atoms with E-state index in [4.69, 9.17) is 11.6 Å². The lowest BCUT2D eigenvalue weighted by molar-refractivity contribution is 0.0761. The molecule has 0 unspecified atom stereocenters. The third-order valence-corrected chi connectivity index (χ3v) is 4.69. The van der Waals surface area contributed by atoms with Crippen LogP contribution in [-0.2, 0) is 6.54 Å². The molecule has 2 heterocycles. The molecule has 22 heavy (non-hydrogen) atoms. The van der Waals surface area contributed by atoms with Gasteiger partial charge in [-0.15, -0.1) is 11.3 Å². The van der Waals surface area contributed by atoms with Crippen molar-refractivity contribution in [3.8, 4) is 0 Å². The van der Waals surface area contributed by atoms with E-state index < -0.39 is 0 Å². The lowest BCUT2D eigenvalue weighted by atomic mass is 10.2. The van der Waals surface area contributed by atoms with Gasteiger partial charge in [0.15, 0.2) is 0 Å². The molecule has 116 valence electrons. The number of rotatable bonds is 3. The van der Waals surface area contributed by atoms with Crippen molar-refractivity contribution in [3.05, 3.63) is 51.4 Å². The fourth-order valence-electron chi connectivity index (χ4n) is 2.68. The minimum absolute atomic E-state index is 0.0676. The molecule has 1 aromatic carbocycles. The summed E-state index contributed by atoms with van der Waals surface area (Å²) in [5.74, 6) is 0.0676. The third kappa shape index (κ3) is 3.85. The summed E-state index contributed by atoms with van der Waals surface area (Å²) >= 11 is 7.60. The van der Waals surface area contributed by atoms with E-state index in [1.54, 1.807) is 23.5 Å². The Morgan fingerprint density at radius 1 is 1.27 bits per heavy atom. The summed E-state index contributed by atoms with van der Waals surface area (Å²) in [5.41, 5.74) is 3.64. The van der Waals surface area contributed by atoms with Crippen LogP contribution in [0.15, 0.2) is 35.2 Å². The molecular weight excluding hydrogens is 318 g/mol. The van der Waals surface area contributed by atoms with Gasteiger partial charge in [-0.05, 0) is 24.6 Å². The molecule has 0 saturated carbocycles. The van der Waals surface area contributed by atoms with E-state index in [1.807, 2.05) is 22.5 Å². The molecule has 1 saturated heterocycles. The van der Waals surface area contributed by atoms with Crippen LogP contribution < -0.4 is 0 Å². The van der Waals surface area contributed by atoms with E-state index in [0.29, 0.717) is 10.6 Å². The minimum atomic E-state index is 0.0676. The molecule has 2 aromatic rings. The van der Waals surface area contributed by atoms with Gasteiger partial charge in [0, 0.05) is 48.7 Å². The summed E-state index contributed by atoms with van der Waals surface area (Å²) in [6, 6.07) is 7.17. The summed E-state index contributed by atoms with van der Waals surface area (Å²) < 4.78 is 0. The van der Waals surface area contributed by atoms with Gasteiger partial charge in [0.05, 0.1) is 11.2 Å². The van der Waals surface area contributed by atoms with Crippen molar-refractivity contribution in [2.75, 3.05) is 26.2 Å². The van der Waals surface area contributed by atoms with Crippen LogP contribution in [0.25, 0.3) is 0 Å². The first-order chi connectivity index (χ1) is 10.7. The third-order valence-electron chi connectivity index (χ3n) is 3.82. The maximum atomic E-state index is 12.6. The highest BCUT2D eigenvalue weighted by atomic mass is 35.5. The van der Waals surface area contributed by atoms with Crippen LogP contribution in [0.2, 0.25) is 5.02 Å². The highest BCUT2D eigenvalue weighted by Crippen LogP contribution is 2.15. The van der Waals surface area contributed by atoms with Crippen LogP contribution in [0, 0.1) is 0 Å². The number of halogens is 1. The van der Waals surface area contributed by atoms with Gasteiger partial charge in [0.1, 0.15) is 0 Å². The zero-order valence-corrected chi connectivity index (χ0v) is 13.8. The number of thiazole rings is 1. The van der Waals surface area contributed by atoms with Crippen molar-refractivity contribution in [1.29, 1.82) is 0 Å². The predicted octanol–water partition coefficient (Wildman–Crippen LogP) is 3.14. The monoisotopic (exact) mass is 335 g/mol. The molecule has 4 nitrogen and oxygen atoms in total. The molecule has 1 fully saturated rings. The Morgan fingerprint density at radius 2 is 2.18 bits per heavy atom. The fraction of sp³-hybridized carbons (Fsp3) is 0.375. The van der Waals surface area contributed by atoms with E-state index in [1.165, 1.54) is 0 Å². The Morgan fingerprint density at radius 3 is 2.95 bits per heavy atom. The zero-order valence-electron chi connectivity index (χ0n) is 12.2. The number of amides is 1. The molecule has 0 N–H and O–H groups in total. The van der Waals surface area contributed by atoms with E-state index in [0.717, 1.165) is 44.8 Å². The average Bonchev–Trinajstić information content (AvgIpc) is 2.91. The van der Waals surface area contributed by atoms with Crippen LogP contribution in [0.5, 0.6) is 0 Å². The Kier molecular flexibility index (Phi) is 5.08. The molecule has 0 bridgehead atoms. The molecule has 1 aromatic heterocycles. The highest BCUT2D eigenvalue weighted by Gasteiger charge is 2.20. The van der Waals surface area contributed by atoms with Gasteiger partial charge in [0.2, 0.25) is 0 Å². The average molecular weight is 336 g/mol. The van der Waals surface area contributed by atoms with Crippen LogP contribution >= 0.6 is 22.9 Å². The van der Waals surface area contributed by atoms with Gasteiger partial charge in [-0.3, -0.25) is 9.69 Å². The highest BCUT2D eigenvalue weighted by molar-refractivity contribution is 7.07. The first-order valence-electron chi connectivity index (χ1n) is 7.36. The first-order valence-corrected chi connectivity index (χ1v) is 8.69. The Balaban J connectivity index is 1.61. The van der Waals surface area contributed by atoms with Crippen LogP contribution in [0.1, 0.15) is 22.5 Å². The molecule has 3 rings (SSSR count). The molecule has 1 amide bonds. The second kappa shape index (κ2) is 7.22. The SMILES string of the molecule is O=C(c1cccc(Cl)c1)N1CCCN(Cc2cscn2)CC1. The Bertz CT molecular complexity index is 632. The van der Waals surface area contributed by atoms with Crippen molar-refractivity contribution < 1.29 is 4.79 Å².